The lowest BCUT2D eigenvalue weighted by Gasteiger charge is -2.09. The first-order valence-corrected chi connectivity index (χ1v) is 9.31. The second kappa shape index (κ2) is 7.33. The van der Waals surface area contributed by atoms with Crippen molar-refractivity contribution in [3.8, 4) is 0 Å². The molecule has 0 spiro atoms. The molecule has 0 saturated carbocycles. The van der Waals surface area contributed by atoms with Gasteiger partial charge in [0.15, 0.2) is 5.82 Å². The molecular formula is C23H24N4. The molecule has 27 heavy (non-hydrogen) atoms. The van der Waals surface area contributed by atoms with Gasteiger partial charge in [0.25, 0.3) is 0 Å². The minimum Gasteiger partial charge on any atom is -0.382 e. The van der Waals surface area contributed by atoms with E-state index in [1.54, 1.807) is 0 Å². The average Bonchev–Trinajstić information content (AvgIpc) is 2.67. The highest BCUT2D eigenvalue weighted by atomic mass is 14.9. The number of rotatable bonds is 5. The molecule has 0 aliphatic rings. The van der Waals surface area contributed by atoms with Gasteiger partial charge in [0.1, 0.15) is 5.52 Å². The molecule has 136 valence electrons. The number of fused-ring (bicyclic) bond motifs is 3. The van der Waals surface area contributed by atoms with Gasteiger partial charge in [-0.25, -0.2) is 4.98 Å². The molecule has 0 amide bonds. The second-order valence-corrected chi connectivity index (χ2v) is 7.10. The molecule has 0 saturated heterocycles. The van der Waals surface area contributed by atoms with Crippen molar-refractivity contribution in [2.75, 3.05) is 12.8 Å². The maximum atomic E-state index is 6.15. The topological polar surface area (TPSA) is 63.8 Å². The Labute approximate surface area is 159 Å². The van der Waals surface area contributed by atoms with Crippen molar-refractivity contribution in [2.24, 2.45) is 0 Å². The smallest absolute Gasteiger partial charge is 0.150 e. The maximum Gasteiger partial charge on any atom is 0.150 e. The van der Waals surface area contributed by atoms with E-state index in [0.29, 0.717) is 5.82 Å². The molecule has 0 atom stereocenters. The van der Waals surface area contributed by atoms with Gasteiger partial charge in [-0.1, -0.05) is 36.4 Å². The van der Waals surface area contributed by atoms with Crippen LogP contribution in [0.2, 0.25) is 0 Å². The Hall–Kier alpha value is -2.98. The van der Waals surface area contributed by atoms with E-state index in [1.807, 2.05) is 13.2 Å². The summed E-state index contributed by atoms with van der Waals surface area (Å²) in [6.45, 7) is 2.97. The van der Waals surface area contributed by atoms with Crippen LogP contribution in [0.3, 0.4) is 0 Å². The lowest BCUT2D eigenvalue weighted by molar-refractivity contribution is 0.816. The van der Waals surface area contributed by atoms with Gasteiger partial charge in [-0.3, -0.25) is 4.98 Å². The summed E-state index contributed by atoms with van der Waals surface area (Å²) >= 11 is 0. The normalized spacial score (nSPS) is 11.3. The molecule has 0 aliphatic carbocycles. The second-order valence-electron chi connectivity index (χ2n) is 7.10. The van der Waals surface area contributed by atoms with Crippen LogP contribution in [-0.4, -0.2) is 17.0 Å². The predicted octanol–water partition coefficient (Wildman–Crippen LogP) is 4.18. The van der Waals surface area contributed by atoms with Crippen LogP contribution in [0.5, 0.6) is 0 Å². The van der Waals surface area contributed by atoms with Crippen LogP contribution in [0.4, 0.5) is 5.82 Å². The quantitative estimate of drug-likeness (QED) is 0.527. The maximum absolute atomic E-state index is 6.15. The first-order valence-electron chi connectivity index (χ1n) is 9.31. The minimum absolute atomic E-state index is 0.495. The Morgan fingerprint density at radius 1 is 0.889 bits per heavy atom. The molecular weight excluding hydrogens is 332 g/mol. The number of hydrogen-bond donors (Lipinski definition) is 2. The number of nitrogens with zero attached hydrogens (tertiary/aromatic N) is 2. The van der Waals surface area contributed by atoms with Crippen molar-refractivity contribution in [2.45, 2.75) is 26.3 Å². The zero-order chi connectivity index (χ0) is 18.8. The van der Waals surface area contributed by atoms with Gasteiger partial charge in [-0.2, -0.15) is 0 Å². The lowest BCUT2D eigenvalue weighted by Crippen LogP contribution is -2.04. The summed E-state index contributed by atoms with van der Waals surface area (Å²) in [5, 5.41) is 5.37. The number of nitrogens with one attached hydrogen (secondary N) is 1. The van der Waals surface area contributed by atoms with E-state index in [0.717, 1.165) is 41.2 Å². The number of anilines is 1. The fraction of sp³-hybridized carbons (Fsp3) is 0.217. The summed E-state index contributed by atoms with van der Waals surface area (Å²) < 4.78 is 0. The molecule has 2 heterocycles. The first-order chi connectivity index (χ1) is 13.1. The first kappa shape index (κ1) is 17.4. The van der Waals surface area contributed by atoms with E-state index < -0.39 is 0 Å². The van der Waals surface area contributed by atoms with Crippen LogP contribution in [0, 0.1) is 6.92 Å². The zero-order valence-corrected chi connectivity index (χ0v) is 15.8. The highest BCUT2D eigenvalue weighted by molar-refractivity contribution is 6.08. The highest BCUT2D eigenvalue weighted by Gasteiger charge is 2.09. The lowest BCUT2D eigenvalue weighted by atomic mass is 10.0. The summed E-state index contributed by atoms with van der Waals surface area (Å²) in [5.74, 6) is 0.495. The van der Waals surface area contributed by atoms with Gasteiger partial charge in [-0.05, 0) is 61.2 Å². The molecule has 0 radical (unpaired) electrons. The van der Waals surface area contributed by atoms with Crippen LogP contribution < -0.4 is 11.1 Å². The van der Waals surface area contributed by atoms with Gasteiger partial charge in [-0.15, -0.1) is 0 Å². The van der Waals surface area contributed by atoms with Crippen molar-refractivity contribution >= 4 is 27.6 Å². The third kappa shape index (κ3) is 3.62. The fourth-order valence-electron chi connectivity index (χ4n) is 3.52. The Bertz CT molecular complexity index is 1100. The molecule has 4 aromatic rings. The molecule has 4 nitrogen and oxygen atoms in total. The van der Waals surface area contributed by atoms with E-state index in [4.69, 9.17) is 5.73 Å². The third-order valence-corrected chi connectivity index (χ3v) is 4.98. The van der Waals surface area contributed by atoms with E-state index in [1.165, 1.54) is 22.3 Å². The number of benzene rings is 2. The SMILES string of the molecule is CNCc1ccc(CCc2cnc3c(N)nc4cc(C)ccc4c3c2)cc1. The average molecular weight is 356 g/mol. The fourth-order valence-corrected chi connectivity index (χ4v) is 3.52. The zero-order valence-electron chi connectivity index (χ0n) is 15.8. The van der Waals surface area contributed by atoms with Crippen LogP contribution in [0.15, 0.2) is 54.7 Å². The van der Waals surface area contributed by atoms with E-state index >= 15 is 0 Å². The number of nitrogen functional groups attached to an aromatic ring is 1. The summed E-state index contributed by atoms with van der Waals surface area (Å²) in [6, 6.07) is 17.3. The van der Waals surface area contributed by atoms with Gasteiger partial charge in [0, 0.05) is 23.5 Å². The van der Waals surface area contributed by atoms with Crippen LogP contribution in [0.25, 0.3) is 21.8 Å². The van der Waals surface area contributed by atoms with Gasteiger partial charge in [0.05, 0.1) is 5.52 Å². The van der Waals surface area contributed by atoms with Gasteiger partial charge in [0.2, 0.25) is 0 Å². The Morgan fingerprint density at radius 2 is 1.63 bits per heavy atom. The summed E-state index contributed by atoms with van der Waals surface area (Å²) in [7, 11) is 1.97. The van der Waals surface area contributed by atoms with E-state index in [2.05, 4.69) is 70.7 Å². The largest absolute Gasteiger partial charge is 0.382 e. The van der Waals surface area contributed by atoms with Crippen molar-refractivity contribution < 1.29 is 0 Å². The Morgan fingerprint density at radius 3 is 2.41 bits per heavy atom. The minimum atomic E-state index is 0.495. The molecule has 2 aromatic heterocycles. The Kier molecular flexibility index (Phi) is 4.73. The molecule has 0 aliphatic heterocycles. The van der Waals surface area contributed by atoms with E-state index in [9.17, 15) is 0 Å². The Balaban J connectivity index is 1.63. The summed E-state index contributed by atoms with van der Waals surface area (Å²) in [5.41, 5.74) is 12.9. The number of pyridine rings is 2. The predicted molar refractivity (Wildman–Crippen MR) is 113 cm³/mol. The number of nitrogens with two attached hydrogens (primary N) is 1. The summed E-state index contributed by atoms with van der Waals surface area (Å²) in [4.78, 5) is 9.13. The van der Waals surface area contributed by atoms with Crippen LogP contribution >= 0.6 is 0 Å². The van der Waals surface area contributed by atoms with Crippen LogP contribution in [-0.2, 0) is 19.4 Å². The van der Waals surface area contributed by atoms with Crippen molar-refractivity contribution in [1.29, 1.82) is 0 Å². The third-order valence-electron chi connectivity index (χ3n) is 4.98. The number of aromatic nitrogens is 2. The van der Waals surface area contributed by atoms with Crippen LogP contribution in [0.1, 0.15) is 22.3 Å². The monoisotopic (exact) mass is 356 g/mol. The molecule has 0 bridgehead atoms. The molecule has 0 unspecified atom stereocenters. The van der Waals surface area contributed by atoms with E-state index in [-0.39, 0.29) is 0 Å². The number of aryl methyl sites for hydroxylation is 3. The molecule has 2 aromatic carbocycles. The van der Waals surface area contributed by atoms with Gasteiger partial charge < -0.3 is 11.1 Å². The van der Waals surface area contributed by atoms with Crippen molar-refractivity contribution in [3.05, 3.63) is 77.0 Å². The highest BCUT2D eigenvalue weighted by Crippen LogP contribution is 2.28. The number of hydrogen-bond acceptors (Lipinski definition) is 4. The van der Waals surface area contributed by atoms with Crippen molar-refractivity contribution in [3.63, 3.8) is 0 Å². The molecule has 4 heteroatoms. The van der Waals surface area contributed by atoms with Crippen molar-refractivity contribution in [1.82, 2.24) is 15.3 Å². The molecule has 3 N–H and O–H groups in total. The molecule has 0 fully saturated rings. The summed E-state index contributed by atoms with van der Waals surface area (Å²) in [6.07, 6.45) is 3.87. The molecule has 4 rings (SSSR count). The van der Waals surface area contributed by atoms with Gasteiger partial charge >= 0.3 is 0 Å². The standard InChI is InChI=1S/C23H24N4/c1-15-3-10-19-20-12-18(14-26-22(20)23(24)27-21(19)11-15)9-6-16-4-7-17(8-5-16)13-25-2/h3-5,7-8,10-12,14,25H,6,9,13H2,1-2H3,(H2,24,27).